The van der Waals surface area contributed by atoms with Gasteiger partial charge in [-0.2, -0.15) is 0 Å². The van der Waals surface area contributed by atoms with Gasteiger partial charge in [-0.05, 0) is 48.6 Å². The molecular formula is C18H15ClF3N3O3. The molecule has 1 aromatic carbocycles. The Bertz CT molecular complexity index is 992. The fourth-order valence-electron chi connectivity index (χ4n) is 3.94. The first kappa shape index (κ1) is 18.7. The highest BCUT2D eigenvalue weighted by Crippen LogP contribution is 2.43. The first-order valence-electron chi connectivity index (χ1n) is 8.57. The SMILES string of the molecule is O=C(Nc1ccc(OC(F)(F)F)c(Cl)c1)N1[C@@H]2CC[C@H]1c1c[nH]c(=O)cc1C2. The van der Waals surface area contributed by atoms with Crippen LogP contribution in [0, 0.1) is 0 Å². The van der Waals surface area contributed by atoms with Gasteiger partial charge in [-0.1, -0.05) is 11.6 Å². The average Bonchev–Trinajstić information content (AvgIpc) is 2.91. The predicted molar refractivity (Wildman–Crippen MR) is 95.5 cm³/mol. The van der Waals surface area contributed by atoms with Gasteiger partial charge in [0, 0.05) is 24.0 Å². The molecule has 2 N–H and O–H groups in total. The number of halogens is 4. The zero-order valence-electron chi connectivity index (χ0n) is 14.3. The molecule has 4 rings (SSSR count). The molecule has 2 aliphatic heterocycles. The molecule has 2 bridgehead atoms. The average molecular weight is 414 g/mol. The summed E-state index contributed by atoms with van der Waals surface area (Å²) in [6.07, 6.45) is -1.04. The molecule has 28 heavy (non-hydrogen) atoms. The van der Waals surface area contributed by atoms with Crippen molar-refractivity contribution in [1.29, 1.82) is 0 Å². The molecule has 148 valence electrons. The predicted octanol–water partition coefficient (Wildman–Crippen LogP) is 4.22. The number of carbonyl (C=O) groups excluding carboxylic acids is 1. The molecular weight excluding hydrogens is 399 g/mol. The minimum Gasteiger partial charge on any atom is -0.404 e. The van der Waals surface area contributed by atoms with E-state index in [1.807, 2.05) is 0 Å². The van der Waals surface area contributed by atoms with Crippen LogP contribution in [0.1, 0.15) is 30.0 Å². The van der Waals surface area contributed by atoms with Gasteiger partial charge in [0.05, 0.1) is 11.1 Å². The molecule has 2 amide bonds. The maximum Gasteiger partial charge on any atom is 0.573 e. The summed E-state index contributed by atoms with van der Waals surface area (Å²) >= 11 is 5.83. The number of H-pyrrole nitrogens is 1. The van der Waals surface area contributed by atoms with Crippen LogP contribution in [0.15, 0.2) is 35.3 Å². The van der Waals surface area contributed by atoms with Crippen molar-refractivity contribution in [3.63, 3.8) is 0 Å². The second-order valence-electron chi connectivity index (χ2n) is 6.76. The van der Waals surface area contributed by atoms with E-state index < -0.39 is 12.1 Å². The Morgan fingerprint density at radius 1 is 1.29 bits per heavy atom. The van der Waals surface area contributed by atoms with Gasteiger partial charge in [0.2, 0.25) is 5.56 Å². The van der Waals surface area contributed by atoms with Crippen LogP contribution in [0.4, 0.5) is 23.7 Å². The van der Waals surface area contributed by atoms with Gasteiger partial charge >= 0.3 is 12.4 Å². The Kier molecular flexibility index (Phi) is 4.49. The second kappa shape index (κ2) is 6.73. The van der Waals surface area contributed by atoms with E-state index >= 15 is 0 Å². The summed E-state index contributed by atoms with van der Waals surface area (Å²) in [6, 6.07) is 4.55. The number of amides is 2. The zero-order chi connectivity index (χ0) is 20.1. The molecule has 1 saturated heterocycles. The lowest BCUT2D eigenvalue weighted by Gasteiger charge is -2.36. The van der Waals surface area contributed by atoms with Gasteiger partial charge in [0.1, 0.15) is 5.75 Å². The van der Waals surface area contributed by atoms with Crippen molar-refractivity contribution in [2.75, 3.05) is 5.32 Å². The van der Waals surface area contributed by atoms with Gasteiger partial charge in [-0.3, -0.25) is 4.79 Å². The lowest BCUT2D eigenvalue weighted by Crippen LogP contribution is -2.44. The third-order valence-electron chi connectivity index (χ3n) is 5.01. The van der Waals surface area contributed by atoms with E-state index in [1.54, 1.807) is 17.2 Å². The van der Waals surface area contributed by atoms with Crippen LogP contribution in [0.2, 0.25) is 5.02 Å². The van der Waals surface area contributed by atoms with Gasteiger partial charge in [-0.25, -0.2) is 4.79 Å². The monoisotopic (exact) mass is 413 g/mol. The number of ether oxygens (including phenoxy) is 1. The third kappa shape index (κ3) is 3.54. The summed E-state index contributed by atoms with van der Waals surface area (Å²) in [4.78, 5) is 28.7. The molecule has 0 radical (unpaired) electrons. The van der Waals surface area contributed by atoms with E-state index in [9.17, 15) is 22.8 Å². The molecule has 3 heterocycles. The molecule has 0 saturated carbocycles. The van der Waals surface area contributed by atoms with Crippen LogP contribution in [0.25, 0.3) is 0 Å². The zero-order valence-corrected chi connectivity index (χ0v) is 15.1. The minimum atomic E-state index is -4.85. The number of carbonyl (C=O) groups is 1. The van der Waals surface area contributed by atoms with E-state index in [0.717, 1.165) is 30.0 Å². The maximum atomic E-state index is 12.8. The van der Waals surface area contributed by atoms with Crippen LogP contribution in [0.5, 0.6) is 5.75 Å². The molecule has 1 aromatic heterocycles. The number of nitrogens with one attached hydrogen (secondary N) is 2. The van der Waals surface area contributed by atoms with Crippen molar-refractivity contribution in [3.05, 3.63) is 57.0 Å². The molecule has 0 aliphatic carbocycles. The highest BCUT2D eigenvalue weighted by Gasteiger charge is 2.42. The Morgan fingerprint density at radius 2 is 2.07 bits per heavy atom. The number of fused-ring (bicyclic) bond motifs is 4. The van der Waals surface area contributed by atoms with Crippen LogP contribution >= 0.6 is 11.6 Å². The number of aromatic nitrogens is 1. The fraction of sp³-hybridized carbons (Fsp3) is 0.333. The van der Waals surface area contributed by atoms with Crippen molar-refractivity contribution < 1.29 is 22.7 Å². The van der Waals surface area contributed by atoms with Gasteiger partial charge in [0.15, 0.2) is 0 Å². The van der Waals surface area contributed by atoms with E-state index in [1.165, 1.54) is 12.1 Å². The number of urea groups is 1. The summed E-state index contributed by atoms with van der Waals surface area (Å²) in [5.74, 6) is -0.539. The highest BCUT2D eigenvalue weighted by atomic mass is 35.5. The molecule has 0 spiro atoms. The Hall–Kier alpha value is -2.68. The maximum absolute atomic E-state index is 12.8. The first-order valence-corrected chi connectivity index (χ1v) is 8.95. The van der Waals surface area contributed by atoms with Crippen LogP contribution < -0.4 is 15.6 Å². The number of hydrogen-bond donors (Lipinski definition) is 2. The number of anilines is 1. The summed E-state index contributed by atoms with van der Waals surface area (Å²) in [6.45, 7) is 0. The molecule has 10 heteroatoms. The quantitative estimate of drug-likeness (QED) is 0.774. The van der Waals surface area contributed by atoms with Gasteiger partial charge in [-0.15, -0.1) is 13.2 Å². The van der Waals surface area contributed by atoms with Crippen molar-refractivity contribution in [2.24, 2.45) is 0 Å². The topological polar surface area (TPSA) is 74.4 Å². The van der Waals surface area contributed by atoms with Crippen molar-refractivity contribution in [3.8, 4) is 5.75 Å². The number of nitrogens with zero attached hydrogens (tertiary/aromatic N) is 1. The molecule has 2 aliphatic rings. The van der Waals surface area contributed by atoms with Crippen LogP contribution in [-0.4, -0.2) is 28.3 Å². The lowest BCUT2D eigenvalue weighted by atomic mass is 9.95. The van der Waals surface area contributed by atoms with Crippen LogP contribution in [0.3, 0.4) is 0 Å². The normalized spacial score (nSPS) is 20.6. The Morgan fingerprint density at radius 3 is 2.79 bits per heavy atom. The van der Waals surface area contributed by atoms with E-state index in [0.29, 0.717) is 6.42 Å². The van der Waals surface area contributed by atoms with Crippen molar-refractivity contribution >= 4 is 23.3 Å². The lowest BCUT2D eigenvalue weighted by molar-refractivity contribution is -0.274. The van der Waals surface area contributed by atoms with E-state index in [2.05, 4.69) is 15.0 Å². The summed E-state index contributed by atoms with van der Waals surface area (Å²) in [5.41, 5.74) is 1.94. The smallest absolute Gasteiger partial charge is 0.404 e. The van der Waals surface area contributed by atoms with E-state index in [-0.39, 0.29) is 34.4 Å². The fourth-order valence-corrected chi connectivity index (χ4v) is 4.15. The number of pyridine rings is 1. The third-order valence-corrected chi connectivity index (χ3v) is 5.30. The second-order valence-corrected chi connectivity index (χ2v) is 7.17. The Balaban J connectivity index is 1.52. The minimum absolute atomic E-state index is 0.0393. The van der Waals surface area contributed by atoms with Gasteiger partial charge in [0.25, 0.3) is 0 Å². The molecule has 0 unspecified atom stereocenters. The van der Waals surface area contributed by atoms with Crippen molar-refractivity contribution in [2.45, 2.75) is 37.7 Å². The van der Waals surface area contributed by atoms with Gasteiger partial charge < -0.3 is 19.9 Å². The number of aromatic amines is 1. The highest BCUT2D eigenvalue weighted by molar-refractivity contribution is 6.32. The molecule has 6 nitrogen and oxygen atoms in total. The standard InChI is InChI=1S/C18H15ClF3N3O3/c19-13-7-10(1-4-15(13)28-18(20,21)22)24-17(27)25-11-2-3-14(25)12-8-23-16(26)6-9(12)5-11/h1,4,6-8,11,14H,2-3,5H2,(H,23,26)(H,24,27)/t11-,14+/m1/s1. The first-order chi connectivity index (χ1) is 13.2. The van der Waals surface area contributed by atoms with Crippen molar-refractivity contribution in [1.82, 2.24) is 9.88 Å². The number of benzene rings is 1. The molecule has 2 aromatic rings. The molecule has 1 fully saturated rings. The summed E-state index contributed by atoms with van der Waals surface area (Å²) in [7, 11) is 0. The summed E-state index contributed by atoms with van der Waals surface area (Å²) in [5, 5.41) is 2.42. The van der Waals surface area contributed by atoms with Crippen LogP contribution in [-0.2, 0) is 6.42 Å². The Labute approximate surface area is 162 Å². The number of hydrogen-bond acceptors (Lipinski definition) is 3. The largest absolute Gasteiger partial charge is 0.573 e. The molecule has 2 atom stereocenters. The number of alkyl halides is 3. The summed E-state index contributed by atoms with van der Waals surface area (Å²) < 4.78 is 40.8. The van der Waals surface area contributed by atoms with E-state index in [4.69, 9.17) is 11.6 Å². The number of rotatable bonds is 2.